The number of hydrogen-bond acceptors (Lipinski definition) is 2. The minimum absolute atomic E-state index is 0.227. The Morgan fingerprint density at radius 2 is 2.07 bits per heavy atom. The molecule has 0 amide bonds. The molecule has 1 unspecified atom stereocenters. The van der Waals surface area contributed by atoms with Crippen molar-refractivity contribution in [3.63, 3.8) is 0 Å². The normalized spacial score (nSPS) is 13.1. The number of furan rings is 1. The van der Waals surface area contributed by atoms with Gasteiger partial charge in [0, 0.05) is 19.8 Å². The van der Waals surface area contributed by atoms with E-state index in [4.69, 9.17) is 4.42 Å². The van der Waals surface area contributed by atoms with Gasteiger partial charge in [-0.3, -0.25) is 0 Å². The summed E-state index contributed by atoms with van der Waals surface area (Å²) in [4.78, 5) is 2.82. The summed E-state index contributed by atoms with van der Waals surface area (Å²) in [5, 5.41) is 0. The molecule has 2 aromatic heterocycles. The molecule has 0 bridgehead atoms. The van der Waals surface area contributed by atoms with E-state index < -0.39 is 0 Å². The van der Waals surface area contributed by atoms with Gasteiger partial charge in [0.2, 0.25) is 0 Å². The van der Waals surface area contributed by atoms with E-state index in [-0.39, 0.29) is 4.83 Å². The molecule has 0 aliphatic rings. The van der Waals surface area contributed by atoms with E-state index >= 15 is 0 Å². The summed E-state index contributed by atoms with van der Waals surface area (Å²) in [6.45, 7) is 4.07. The maximum absolute atomic E-state index is 5.31. The Bertz CT molecular complexity index is 453. The van der Waals surface area contributed by atoms with Crippen LogP contribution in [0, 0.1) is 13.8 Å². The molecule has 0 saturated carbocycles. The molecular weight excluding hydrogens is 340 g/mol. The van der Waals surface area contributed by atoms with Crippen LogP contribution in [-0.2, 0) is 0 Å². The first-order valence-electron chi connectivity index (χ1n) is 4.53. The van der Waals surface area contributed by atoms with Crippen molar-refractivity contribution in [2.75, 3.05) is 0 Å². The maximum atomic E-state index is 5.31. The van der Waals surface area contributed by atoms with Gasteiger partial charge in [-0.2, -0.15) is 0 Å². The summed E-state index contributed by atoms with van der Waals surface area (Å²) in [6, 6.07) is 4.21. The van der Waals surface area contributed by atoms with E-state index in [2.05, 4.69) is 50.9 Å². The van der Waals surface area contributed by atoms with Gasteiger partial charge in [0.05, 0.1) is 11.1 Å². The standard InChI is InChI=1S/C11H10Br2OS/c1-6-3-8(5-14-6)11(13)10-4-9(12)7(2)15-10/h3-5,11H,1-2H3. The van der Waals surface area contributed by atoms with Crippen LogP contribution in [0.25, 0.3) is 0 Å². The van der Waals surface area contributed by atoms with E-state index in [0.717, 1.165) is 5.76 Å². The largest absolute Gasteiger partial charge is 0.469 e. The molecule has 2 aromatic rings. The Balaban J connectivity index is 2.31. The van der Waals surface area contributed by atoms with E-state index in [1.54, 1.807) is 17.6 Å². The van der Waals surface area contributed by atoms with Crippen molar-refractivity contribution in [2.24, 2.45) is 0 Å². The molecule has 1 nitrogen and oxygen atoms in total. The highest BCUT2D eigenvalue weighted by atomic mass is 79.9. The molecule has 1 atom stereocenters. The van der Waals surface area contributed by atoms with Crippen LogP contribution in [-0.4, -0.2) is 0 Å². The van der Waals surface area contributed by atoms with Gasteiger partial charge in [0.25, 0.3) is 0 Å². The molecule has 0 radical (unpaired) electrons. The first kappa shape index (κ1) is 11.4. The van der Waals surface area contributed by atoms with Gasteiger partial charge >= 0.3 is 0 Å². The highest BCUT2D eigenvalue weighted by Crippen LogP contribution is 2.39. The minimum atomic E-state index is 0.227. The van der Waals surface area contributed by atoms with Crippen LogP contribution in [0.4, 0.5) is 0 Å². The van der Waals surface area contributed by atoms with Gasteiger partial charge in [-0.25, -0.2) is 0 Å². The van der Waals surface area contributed by atoms with Crippen molar-refractivity contribution < 1.29 is 4.42 Å². The fraction of sp³-hybridized carbons (Fsp3) is 0.273. The summed E-state index contributed by atoms with van der Waals surface area (Å²) in [6.07, 6.45) is 1.80. The van der Waals surface area contributed by atoms with E-state index in [1.165, 1.54) is 19.8 Å². The number of hydrogen-bond donors (Lipinski definition) is 0. The number of aryl methyl sites for hydroxylation is 2. The van der Waals surface area contributed by atoms with E-state index in [0.29, 0.717) is 0 Å². The molecule has 0 aliphatic heterocycles. The maximum Gasteiger partial charge on any atom is 0.101 e. The first-order valence-corrected chi connectivity index (χ1v) is 7.05. The zero-order valence-corrected chi connectivity index (χ0v) is 12.4. The van der Waals surface area contributed by atoms with Crippen molar-refractivity contribution in [3.05, 3.63) is 43.9 Å². The second kappa shape index (κ2) is 4.44. The number of rotatable bonds is 2. The molecule has 4 heteroatoms. The summed E-state index contributed by atoms with van der Waals surface area (Å²) in [5.74, 6) is 0.946. The number of thiophene rings is 1. The lowest BCUT2D eigenvalue weighted by Gasteiger charge is -2.02. The smallest absolute Gasteiger partial charge is 0.101 e. The van der Waals surface area contributed by atoms with Crippen molar-refractivity contribution >= 4 is 43.2 Å². The SMILES string of the molecule is Cc1cc(C(Br)c2cc(Br)c(C)s2)co1. The average molecular weight is 350 g/mol. The van der Waals surface area contributed by atoms with Crippen LogP contribution in [0.15, 0.2) is 27.3 Å². The number of halogens is 2. The Morgan fingerprint density at radius 1 is 1.33 bits per heavy atom. The van der Waals surface area contributed by atoms with Gasteiger partial charge in [-0.1, -0.05) is 15.9 Å². The molecule has 0 aliphatic carbocycles. The summed E-state index contributed by atoms with van der Waals surface area (Å²) in [7, 11) is 0. The van der Waals surface area contributed by atoms with Gasteiger partial charge in [-0.15, -0.1) is 11.3 Å². The highest BCUT2D eigenvalue weighted by Gasteiger charge is 2.15. The predicted molar refractivity (Wildman–Crippen MR) is 71.0 cm³/mol. The van der Waals surface area contributed by atoms with Gasteiger partial charge in [0.1, 0.15) is 5.76 Å². The molecule has 2 heterocycles. The Morgan fingerprint density at radius 3 is 2.53 bits per heavy atom. The molecule has 0 aromatic carbocycles. The third-order valence-corrected chi connectivity index (χ3v) is 5.70. The molecule has 15 heavy (non-hydrogen) atoms. The van der Waals surface area contributed by atoms with E-state index in [9.17, 15) is 0 Å². The minimum Gasteiger partial charge on any atom is -0.469 e. The highest BCUT2D eigenvalue weighted by molar-refractivity contribution is 9.10. The zero-order chi connectivity index (χ0) is 11.0. The molecule has 80 valence electrons. The van der Waals surface area contributed by atoms with E-state index in [1.807, 2.05) is 6.92 Å². The third kappa shape index (κ3) is 2.37. The topological polar surface area (TPSA) is 13.1 Å². The van der Waals surface area contributed by atoms with Crippen LogP contribution >= 0.6 is 43.2 Å². The van der Waals surface area contributed by atoms with Gasteiger partial charge in [-0.05, 0) is 41.9 Å². The fourth-order valence-electron chi connectivity index (χ4n) is 1.37. The lowest BCUT2D eigenvalue weighted by atomic mass is 10.2. The van der Waals surface area contributed by atoms with Crippen LogP contribution in [0.5, 0.6) is 0 Å². The van der Waals surface area contributed by atoms with Gasteiger partial charge < -0.3 is 4.42 Å². The summed E-state index contributed by atoms with van der Waals surface area (Å²) in [5.41, 5.74) is 1.17. The van der Waals surface area contributed by atoms with Crippen molar-refractivity contribution in [2.45, 2.75) is 18.7 Å². The monoisotopic (exact) mass is 348 g/mol. The predicted octanol–water partition coefficient (Wildman–Crippen LogP) is 5.20. The second-order valence-electron chi connectivity index (χ2n) is 3.41. The zero-order valence-electron chi connectivity index (χ0n) is 8.38. The van der Waals surface area contributed by atoms with Gasteiger partial charge in [0.15, 0.2) is 0 Å². The molecule has 2 rings (SSSR count). The average Bonchev–Trinajstić information content (AvgIpc) is 2.74. The van der Waals surface area contributed by atoms with Crippen LogP contribution < -0.4 is 0 Å². The Hall–Kier alpha value is -0.0600. The molecule has 0 N–H and O–H groups in total. The van der Waals surface area contributed by atoms with Crippen LogP contribution in [0.2, 0.25) is 0 Å². The number of alkyl halides is 1. The third-order valence-electron chi connectivity index (χ3n) is 2.17. The Kier molecular flexibility index (Phi) is 3.38. The second-order valence-corrected chi connectivity index (χ2v) is 6.46. The van der Waals surface area contributed by atoms with Crippen LogP contribution in [0.3, 0.4) is 0 Å². The lowest BCUT2D eigenvalue weighted by Crippen LogP contribution is -1.85. The summed E-state index contributed by atoms with van der Waals surface area (Å²) < 4.78 is 6.48. The fourth-order valence-corrected chi connectivity index (χ4v) is 3.59. The van der Waals surface area contributed by atoms with Crippen molar-refractivity contribution in [1.29, 1.82) is 0 Å². The Labute approximate surface area is 110 Å². The lowest BCUT2D eigenvalue weighted by molar-refractivity contribution is 0.532. The van der Waals surface area contributed by atoms with Crippen LogP contribution in [0.1, 0.15) is 25.9 Å². The molecular formula is C11H10Br2OS. The first-order chi connectivity index (χ1) is 7.08. The quantitative estimate of drug-likeness (QED) is 0.678. The molecule has 0 fully saturated rings. The van der Waals surface area contributed by atoms with Crippen molar-refractivity contribution in [3.8, 4) is 0 Å². The van der Waals surface area contributed by atoms with Crippen molar-refractivity contribution in [1.82, 2.24) is 0 Å². The molecule has 0 spiro atoms. The molecule has 0 saturated heterocycles. The summed E-state index contributed by atoms with van der Waals surface area (Å²) >= 11 is 9.00.